The first kappa shape index (κ1) is 23.0. The average molecular weight is 518 g/mol. The van der Waals surface area contributed by atoms with Gasteiger partial charge in [0.1, 0.15) is 5.69 Å². The summed E-state index contributed by atoms with van der Waals surface area (Å²) in [5, 5.41) is 15.5. The molecule has 0 amide bonds. The molecule has 4 aromatic heterocycles. The number of ether oxygens (including phenoxy) is 1. The Labute approximate surface area is 222 Å². The second kappa shape index (κ2) is 9.62. The predicted molar refractivity (Wildman–Crippen MR) is 148 cm³/mol. The van der Waals surface area contributed by atoms with Gasteiger partial charge in [0.05, 0.1) is 47.7 Å². The van der Waals surface area contributed by atoms with E-state index in [0.29, 0.717) is 18.9 Å². The normalized spacial score (nSPS) is 14.1. The van der Waals surface area contributed by atoms with E-state index in [0.717, 1.165) is 58.0 Å². The molecule has 1 fully saturated rings. The number of rotatable bonds is 5. The van der Waals surface area contributed by atoms with Gasteiger partial charge in [0, 0.05) is 24.0 Å². The molecule has 6 aromatic rings. The van der Waals surface area contributed by atoms with E-state index in [1.807, 2.05) is 77.3 Å². The number of H-pyrrole nitrogens is 1. The topological polar surface area (TPSA) is 119 Å². The summed E-state index contributed by atoms with van der Waals surface area (Å²) in [6, 6.07) is 21.6. The van der Waals surface area contributed by atoms with Crippen molar-refractivity contribution in [3.05, 3.63) is 94.8 Å². The predicted octanol–water partition coefficient (Wildman–Crippen LogP) is 3.22. The van der Waals surface area contributed by atoms with Crippen LogP contribution in [-0.4, -0.2) is 66.1 Å². The summed E-state index contributed by atoms with van der Waals surface area (Å²) in [4.78, 5) is 24.1. The fourth-order valence-corrected chi connectivity index (χ4v) is 4.86. The van der Waals surface area contributed by atoms with E-state index in [1.54, 1.807) is 6.20 Å². The average Bonchev–Trinajstić information content (AvgIpc) is 3.59. The summed E-state index contributed by atoms with van der Waals surface area (Å²) < 4.78 is 8.64. The molecule has 11 heteroatoms. The highest BCUT2D eigenvalue weighted by Gasteiger charge is 2.20. The van der Waals surface area contributed by atoms with Crippen LogP contribution in [0.15, 0.2) is 77.7 Å². The Bertz CT molecular complexity index is 1880. The molecule has 1 saturated heterocycles. The van der Waals surface area contributed by atoms with Crippen molar-refractivity contribution in [2.24, 2.45) is 0 Å². The van der Waals surface area contributed by atoms with E-state index in [9.17, 15) is 4.79 Å². The summed E-state index contributed by atoms with van der Waals surface area (Å²) in [5.74, 6) is 0. The molecule has 2 aromatic carbocycles. The van der Waals surface area contributed by atoms with Gasteiger partial charge in [-0.15, -0.1) is 0 Å². The number of hydrogen-bond acceptors (Lipinski definition) is 8. The first-order valence-electron chi connectivity index (χ1n) is 12.6. The molecule has 1 aliphatic rings. The van der Waals surface area contributed by atoms with Crippen LogP contribution in [0, 0.1) is 0 Å². The Kier molecular flexibility index (Phi) is 5.67. The number of nitrogens with one attached hydrogen (secondary N) is 1. The third-order valence-corrected chi connectivity index (χ3v) is 6.77. The molecule has 0 saturated carbocycles. The lowest BCUT2D eigenvalue weighted by molar-refractivity contribution is 0.123. The number of aromatic nitrogens is 8. The summed E-state index contributed by atoms with van der Waals surface area (Å²) in [5.41, 5.74) is 6.21. The molecular weight excluding hydrogens is 494 g/mol. The van der Waals surface area contributed by atoms with Crippen molar-refractivity contribution in [1.29, 1.82) is 0 Å². The first-order valence-corrected chi connectivity index (χ1v) is 12.6. The van der Waals surface area contributed by atoms with Gasteiger partial charge in [-0.2, -0.15) is 9.78 Å². The molecule has 0 spiro atoms. The summed E-state index contributed by atoms with van der Waals surface area (Å²) in [6.07, 6.45) is 5.74. The van der Waals surface area contributed by atoms with Crippen molar-refractivity contribution >= 4 is 34.4 Å². The number of anilines is 1. The highest BCUT2D eigenvalue weighted by Crippen LogP contribution is 2.31. The molecule has 39 heavy (non-hydrogen) atoms. The molecule has 192 valence electrons. The SMILES string of the molecule is O=c1[nH]nnn1-c1ccc(-c2c(C=Cc3ccc4ccccc4n3)nc3c(N4CCOCC4)ccnn23)cc1. The number of benzene rings is 2. The molecule has 0 radical (unpaired) electrons. The smallest absolute Gasteiger partial charge is 0.365 e. The molecule has 0 unspecified atom stereocenters. The largest absolute Gasteiger partial charge is 0.378 e. The van der Waals surface area contributed by atoms with E-state index in [-0.39, 0.29) is 0 Å². The third kappa shape index (κ3) is 4.24. The van der Waals surface area contributed by atoms with Gasteiger partial charge in [0.15, 0.2) is 5.65 Å². The van der Waals surface area contributed by atoms with Crippen LogP contribution in [0.3, 0.4) is 0 Å². The zero-order valence-electron chi connectivity index (χ0n) is 20.8. The van der Waals surface area contributed by atoms with Gasteiger partial charge >= 0.3 is 5.69 Å². The van der Waals surface area contributed by atoms with Gasteiger partial charge in [0.25, 0.3) is 0 Å². The van der Waals surface area contributed by atoms with Crippen LogP contribution in [-0.2, 0) is 4.74 Å². The number of hydrogen-bond donors (Lipinski definition) is 1. The lowest BCUT2D eigenvalue weighted by Gasteiger charge is -2.28. The minimum atomic E-state index is -0.402. The van der Waals surface area contributed by atoms with Gasteiger partial charge in [0.2, 0.25) is 0 Å². The van der Waals surface area contributed by atoms with Gasteiger partial charge in [-0.3, -0.25) is 0 Å². The lowest BCUT2D eigenvalue weighted by atomic mass is 10.1. The zero-order chi connectivity index (χ0) is 26.2. The molecule has 5 heterocycles. The van der Waals surface area contributed by atoms with Gasteiger partial charge in [-0.1, -0.05) is 36.4 Å². The highest BCUT2D eigenvalue weighted by molar-refractivity contribution is 5.84. The number of fused-ring (bicyclic) bond motifs is 2. The molecule has 0 bridgehead atoms. The fraction of sp³-hybridized carbons (Fsp3) is 0.143. The summed E-state index contributed by atoms with van der Waals surface area (Å²) >= 11 is 0. The highest BCUT2D eigenvalue weighted by atomic mass is 16.5. The Balaban J connectivity index is 1.35. The second-order valence-corrected chi connectivity index (χ2v) is 9.12. The first-order chi connectivity index (χ1) is 19.2. The Morgan fingerprint density at radius 3 is 2.56 bits per heavy atom. The van der Waals surface area contributed by atoms with Crippen LogP contribution in [0.1, 0.15) is 11.4 Å². The van der Waals surface area contributed by atoms with Crippen LogP contribution in [0.5, 0.6) is 0 Å². The number of tetrazole rings is 1. The van der Waals surface area contributed by atoms with Crippen molar-refractivity contribution in [2.45, 2.75) is 0 Å². The van der Waals surface area contributed by atoms with Gasteiger partial charge in [-0.05, 0) is 52.9 Å². The van der Waals surface area contributed by atoms with E-state index in [1.165, 1.54) is 4.68 Å². The van der Waals surface area contributed by atoms with Gasteiger partial charge in [-0.25, -0.2) is 24.4 Å². The van der Waals surface area contributed by atoms with Crippen LogP contribution in [0.2, 0.25) is 0 Å². The van der Waals surface area contributed by atoms with Gasteiger partial charge < -0.3 is 9.64 Å². The minimum absolute atomic E-state index is 0.402. The molecule has 1 N–H and O–H groups in total. The number of aromatic amines is 1. The summed E-state index contributed by atoms with van der Waals surface area (Å²) in [7, 11) is 0. The maximum absolute atomic E-state index is 12.0. The second-order valence-electron chi connectivity index (χ2n) is 9.12. The van der Waals surface area contributed by atoms with Crippen LogP contribution in [0.4, 0.5) is 5.69 Å². The number of nitrogens with zero attached hydrogens (tertiary/aromatic N) is 8. The number of morpholine rings is 1. The Hall–Kier alpha value is -5.16. The Morgan fingerprint density at radius 1 is 0.897 bits per heavy atom. The van der Waals surface area contributed by atoms with E-state index >= 15 is 0 Å². The molecule has 1 aliphatic heterocycles. The zero-order valence-corrected chi connectivity index (χ0v) is 20.8. The number of para-hydroxylation sites is 1. The quantitative estimate of drug-likeness (QED) is 0.370. The lowest BCUT2D eigenvalue weighted by Crippen LogP contribution is -2.36. The molecule has 0 aliphatic carbocycles. The minimum Gasteiger partial charge on any atom is -0.378 e. The molecular formula is C28H23N9O2. The van der Waals surface area contributed by atoms with E-state index in [2.05, 4.69) is 31.6 Å². The Morgan fingerprint density at radius 2 is 1.74 bits per heavy atom. The van der Waals surface area contributed by atoms with Crippen molar-refractivity contribution in [1.82, 2.24) is 39.8 Å². The van der Waals surface area contributed by atoms with Crippen LogP contribution >= 0.6 is 0 Å². The van der Waals surface area contributed by atoms with E-state index < -0.39 is 5.69 Å². The van der Waals surface area contributed by atoms with E-state index in [4.69, 9.17) is 14.7 Å². The monoisotopic (exact) mass is 517 g/mol. The van der Waals surface area contributed by atoms with Crippen molar-refractivity contribution in [3.63, 3.8) is 0 Å². The molecule has 7 rings (SSSR count). The maximum Gasteiger partial charge on any atom is 0.365 e. The summed E-state index contributed by atoms with van der Waals surface area (Å²) in [6.45, 7) is 2.92. The number of imidazole rings is 1. The van der Waals surface area contributed by atoms with Crippen molar-refractivity contribution in [3.8, 4) is 16.9 Å². The van der Waals surface area contributed by atoms with Crippen LogP contribution in [0.25, 0.3) is 45.6 Å². The van der Waals surface area contributed by atoms with Crippen LogP contribution < -0.4 is 10.6 Å². The fourth-order valence-electron chi connectivity index (χ4n) is 4.86. The standard InChI is InChI=1S/C28H23N9O2/c38-28-32-33-34-36(28)22-10-6-20(7-11-22)26-24(12-9-21-8-5-19-3-1-2-4-23(19)30-21)31-27-25(13-14-29-37(26)27)35-15-17-39-18-16-35/h1-14H,15-18H2,(H,32,34,38). The maximum atomic E-state index is 12.0. The number of pyridine rings is 1. The molecule has 0 atom stereocenters. The van der Waals surface area contributed by atoms with Crippen molar-refractivity contribution < 1.29 is 4.74 Å². The molecule has 11 nitrogen and oxygen atoms in total. The van der Waals surface area contributed by atoms with Crippen molar-refractivity contribution in [2.75, 3.05) is 31.2 Å². The third-order valence-electron chi connectivity index (χ3n) is 6.77.